The Balaban J connectivity index is 1.78. The summed E-state index contributed by atoms with van der Waals surface area (Å²) in [5, 5.41) is 6.01. The number of hydrogen-bond donors (Lipinski definition) is 2. The quantitative estimate of drug-likeness (QED) is 0.744. The molecule has 1 aliphatic heterocycles. The number of carbonyl (C=O) groups excluding carboxylic acids is 2. The molecule has 156 valence electrons. The predicted molar refractivity (Wildman–Crippen MR) is 109 cm³/mol. The maximum atomic E-state index is 12.5. The molecule has 0 radical (unpaired) electrons. The number of amides is 2. The normalized spacial score (nSPS) is 15.8. The summed E-state index contributed by atoms with van der Waals surface area (Å²) in [6, 6.07) is 5.14. The third-order valence-electron chi connectivity index (χ3n) is 4.75. The van der Waals surface area contributed by atoms with Crippen LogP contribution in [-0.4, -0.2) is 62.7 Å². The van der Waals surface area contributed by atoms with E-state index < -0.39 is 0 Å². The minimum absolute atomic E-state index is 0.0613. The minimum atomic E-state index is -0.206. The van der Waals surface area contributed by atoms with Crippen molar-refractivity contribution < 1.29 is 19.1 Å². The molecule has 1 aliphatic rings. The second kappa shape index (κ2) is 9.78. The van der Waals surface area contributed by atoms with Crippen molar-refractivity contribution in [1.29, 1.82) is 0 Å². The van der Waals surface area contributed by atoms with E-state index >= 15 is 0 Å². The van der Waals surface area contributed by atoms with Crippen LogP contribution in [0.15, 0.2) is 18.2 Å². The van der Waals surface area contributed by atoms with E-state index in [2.05, 4.69) is 15.5 Å². The molecule has 0 atom stereocenters. The van der Waals surface area contributed by atoms with Crippen LogP contribution in [0, 0.1) is 5.92 Å². The fourth-order valence-electron chi connectivity index (χ4n) is 3.29. The average molecular weight is 392 g/mol. The summed E-state index contributed by atoms with van der Waals surface area (Å²) in [5.74, 6) is 1.52. The third kappa shape index (κ3) is 7.03. The summed E-state index contributed by atoms with van der Waals surface area (Å²) < 4.78 is 10.4. The van der Waals surface area contributed by atoms with Crippen molar-refractivity contribution in [2.75, 3.05) is 40.4 Å². The number of methoxy groups -OCH3 is 2. The molecule has 2 rings (SSSR count). The first kappa shape index (κ1) is 22.0. The lowest BCUT2D eigenvalue weighted by Gasteiger charge is -2.32. The molecule has 0 saturated carbocycles. The average Bonchev–Trinajstić information content (AvgIpc) is 2.65. The van der Waals surface area contributed by atoms with E-state index in [0.717, 1.165) is 25.9 Å². The minimum Gasteiger partial charge on any atom is -0.497 e. The van der Waals surface area contributed by atoms with Crippen LogP contribution in [0.5, 0.6) is 11.5 Å². The number of hydrogen-bond acceptors (Lipinski definition) is 5. The van der Waals surface area contributed by atoms with Crippen LogP contribution >= 0.6 is 0 Å². The van der Waals surface area contributed by atoms with Crippen LogP contribution in [0.2, 0.25) is 0 Å². The fourth-order valence-corrected chi connectivity index (χ4v) is 3.29. The summed E-state index contributed by atoms with van der Waals surface area (Å²) in [6.07, 6.45) is 1.93. The van der Waals surface area contributed by atoms with Gasteiger partial charge in [-0.25, -0.2) is 0 Å². The van der Waals surface area contributed by atoms with E-state index in [1.807, 2.05) is 20.8 Å². The third-order valence-corrected chi connectivity index (χ3v) is 4.75. The van der Waals surface area contributed by atoms with Gasteiger partial charge in [-0.1, -0.05) is 0 Å². The molecule has 0 aromatic heterocycles. The Labute approximate surface area is 167 Å². The van der Waals surface area contributed by atoms with Gasteiger partial charge in [0.2, 0.25) is 5.91 Å². The first-order valence-electron chi connectivity index (χ1n) is 9.75. The van der Waals surface area contributed by atoms with Gasteiger partial charge in [0.05, 0.1) is 20.8 Å². The lowest BCUT2D eigenvalue weighted by atomic mass is 9.96. The second-order valence-corrected chi connectivity index (χ2v) is 8.33. The van der Waals surface area contributed by atoms with Crippen molar-refractivity contribution in [2.45, 2.75) is 39.2 Å². The van der Waals surface area contributed by atoms with Gasteiger partial charge in [0.1, 0.15) is 11.5 Å². The zero-order valence-electron chi connectivity index (χ0n) is 17.6. The monoisotopic (exact) mass is 391 g/mol. The smallest absolute Gasteiger partial charge is 0.251 e. The highest BCUT2D eigenvalue weighted by Gasteiger charge is 2.23. The Bertz CT molecular complexity index is 654. The number of rotatable bonds is 7. The molecule has 1 fully saturated rings. The lowest BCUT2D eigenvalue weighted by Crippen LogP contribution is -2.48. The number of ether oxygens (including phenoxy) is 2. The molecule has 0 aliphatic carbocycles. The van der Waals surface area contributed by atoms with Crippen LogP contribution in [0.25, 0.3) is 0 Å². The van der Waals surface area contributed by atoms with Gasteiger partial charge < -0.3 is 20.1 Å². The number of piperidine rings is 1. The summed E-state index contributed by atoms with van der Waals surface area (Å²) in [7, 11) is 3.12. The van der Waals surface area contributed by atoms with Crippen LogP contribution in [0.4, 0.5) is 0 Å². The van der Waals surface area contributed by atoms with Gasteiger partial charge in [0, 0.05) is 23.7 Å². The molecule has 1 saturated heterocycles. The van der Waals surface area contributed by atoms with Gasteiger partial charge in [-0.15, -0.1) is 0 Å². The topological polar surface area (TPSA) is 79.9 Å². The maximum absolute atomic E-state index is 12.5. The Morgan fingerprint density at radius 3 is 2.14 bits per heavy atom. The van der Waals surface area contributed by atoms with E-state index in [9.17, 15) is 9.59 Å². The number of nitrogens with one attached hydrogen (secondary N) is 2. The predicted octanol–water partition coefficient (Wildman–Crippen LogP) is 2.06. The molecule has 7 heteroatoms. The standard InChI is InChI=1S/C21H33N3O4/c1-21(2,3)23-19(25)14-24-8-6-15(7-9-24)13-22-20(26)16-10-17(27-4)12-18(11-16)28-5/h10-12,15H,6-9,13-14H2,1-5H3,(H,22,26)(H,23,25). The molecular weight excluding hydrogens is 358 g/mol. The van der Waals surface area contributed by atoms with Crippen molar-refractivity contribution in [3.8, 4) is 11.5 Å². The molecule has 7 nitrogen and oxygen atoms in total. The Hall–Kier alpha value is -2.28. The van der Waals surface area contributed by atoms with Crippen molar-refractivity contribution >= 4 is 11.8 Å². The molecule has 0 unspecified atom stereocenters. The van der Waals surface area contributed by atoms with Crippen molar-refractivity contribution in [3.05, 3.63) is 23.8 Å². The Morgan fingerprint density at radius 1 is 1.07 bits per heavy atom. The molecule has 28 heavy (non-hydrogen) atoms. The summed E-state index contributed by atoms with van der Waals surface area (Å²) in [4.78, 5) is 26.7. The Morgan fingerprint density at radius 2 is 1.64 bits per heavy atom. The number of likely N-dealkylation sites (tertiary alicyclic amines) is 1. The first-order chi connectivity index (χ1) is 13.2. The number of benzene rings is 1. The second-order valence-electron chi connectivity index (χ2n) is 8.33. The van der Waals surface area contributed by atoms with Crippen molar-refractivity contribution in [2.24, 2.45) is 5.92 Å². The van der Waals surface area contributed by atoms with Crippen LogP contribution < -0.4 is 20.1 Å². The van der Waals surface area contributed by atoms with Crippen LogP contribution in [0.3, 0.4) is 0 Å². The van der Waals surface area contributed by atoms with Gasteiger partial charge in [-0.2, -0.15) is 0 Å². The molecule has 2 amide bonds. The Kier molecular flexibility index (Phi) is 7.69. The van der Waals surface area contributed by atoms with E-state index in [1.54, 1.807) is 32.4 Å². The van der Waals surface area contributed by atoms with Gasteiger partial charge >= 0.3 is 0 Å². The highest BCUT2D eigenvalue weighted by atomic mass is 16.5. The molecule has 0 spiro atoms. The van der Waals surface area contributed by atoms with E-state index in [0.29, 0.717) is 36.1 Å². The number of nitrogens with zero attached hydrogens (tertiary/aromatic N) is 1. The lowest BCUT2D eigenvalue weighted by molar-refractivity contribution is -0.124. The molecule has 2 N–H and O–H groups in total. The zero-order chi connectivity index (χ0) is 20.7. The molecule has 1 heterocycles. The highest BCUT2D eigenvalue weighted by Crippen LogP contribution is 2.23. The van der Waals surface area contributed by atoms with E-state index in [4.69, 9.17) is 9.47 Å². The van der Waals surface area contributed by atoms with Crippen LogP contribution in [0.1, 0.15) is 44.0 Å². The van der Waals surface area contributed by atoms with Crippen molar-refractivity contribution in [1.82, 2.24) is 15.5 Å². The maximum Gasteiger partial charge on any atom is 0.251 e. The highest BCUT2D eigenvalue weighted by molar-refractivity contribution is 5.95. The van der Waals surface area contributed by atoms with E-state index in [-0.39, 0.29) is 17.4 Å². The van der Waals surface area contributed by atoms with E-state index in [1.165, 1.54) is 0 Å². The summed E-state index contributed by atoms with van der Waals surface area (Å²) in [5.41, 5.74) is 0.315. The number of carbonyl (C=O) groups is 2. The molecular formula is C21H33N3O4. The summed E-state index contributed by atoms with van der Waals surface area (Å²) in [6.45, 7) is 8.74. The molecule has 1 aromatic carbocycles. The summed E-state index contributed by atoms with van der Waals surface area (Å²) >= 11 is 0. The SMILES string of the molecule is COc1cc(OC)cc(C(=O)NCC2CCN(CC(=O)NC(C)(C)C)CC2)c1. The van der Waals surface area contributed by atoms with Gasteiger partial charge in [-0.3, -0.25) is 14.5 Å². The van der Waals surface area contributed by atoms with Crippen molar-refractivity contribution in [3.63, 3.8) is 0 Å². The van der Waals surface area contributed by atoms with Crippen LogP contribution in [-0.2, 0) is 4.79 Å². The van der Waals surface area contributed by atoms with Gasteiger partial charge in [0.25, 0.3) is 5.91 Å². The largest absolute Gasteiger partial charge is 0.497 e. The molecule has 1 aromatic rings. The van der Waals surface area contributed by atoms with Gasteiger partial charge in [0.15, 0.2) is 0 Å². The fraction of sp³-hybridized carbons (Fsp3) is 0.619. The first-order valence-corrected chi connectivity index (χ1v) is 9.75. The van der Waals surface area contributed by atoms with Gasteiger partial charge in [-0.05, 0) is 64.8 Å². The molecule has 0 bridgehead atoms. The zero-order valence-corrected chi connectivity index (χ0v) is 17.6.